The molecule has 0 aromatic carbocycles. The Labute approximate surface area is 79.2 Å². The first-order valence-corrected chi connectivity index (χ1v) is 4.42. The van der Waals surface area contributed by atoms with Gasteiger partial charge in [-0.2, -0.15) is 0 Å². The van der Waals surface area contributed by atoms with Gasteiger partial charge in [-0.05, 0) is 20.8 Å². The van der Waals surface area contributed by atoms with Crippen LogP contribution in [0.1, 0.15) is 20.8 Å². The summed E-state index contributed by atoms with van der Waals surface area (Å²) in [5, 5.41) is 0. The van der Waals surface area contributed by atoms with Crippen molar-refractivity contribution in [2.75, 3.05) is 20.3 Å². The van der Waals surface area contributed by atoms with Gasteiger partial charge < -0.3 is 14.2 Å². The molecule has 0 saturated carbocycles. The molecule has 0 aliphatic heterocycles. The number of methoxy groups -OCH3 is 1. The molecule has 0 rings (SSSR count). The summed E-state index contributed by atoms with van der Waals surface area (Å²) < 4.78 is 14.9. The summed E-state index contributed by atoms with van der Waals surface area (Å²) in [6.07, 6.45) is -0.718. The number of hydrogen-bond donors (Lipinski definition) is 0. The van der Waals surface area contributed by atoms with Gasteiger partial charge in [-0.25, -0.2) is 4.79 Å². The molecule has 0 aliphatic rings. The van der Waals surface area contributed by atoms with E-state index in [2.05, 4.69) is 0 Å². The Morgan fingerprint density at radius 2 is 2.00 bits per heavy atom. The Balaban J connectivity index is 3.71. The number of carbonyl (C=O) groups excluding carboxylic acids is 1. The molecule has 0 spiro atoms. The average Bonchev–Trinajstić information content (AvgIpc) is 2.05. The molecule has 2 unspecified atom stereocenters. The van der Waals surface area contributed by atoms with Crippen molar-refractivity contribution >= 4 is 5.97 Å². The van der Waals surface area contributed by atoms with Crippen molar-refractivity contribution in [1.82, 2.24) is 0 Å². The first-order chi connectivity index (χ1) is 6.11. The maximum absolute atomic E-state index is 11.2. The van der Waals surface area contributed by atoms with Crippen molar-refractivity contribution in [2.24, 2.45) is 0 Å². The van der Waals surface area contributed by atoms with Crippen LogP contribution in [0.25, 0.3) is 0 Å². The van der Waals surface area contributed by atoms with E-state index in [-0.39, 0.29) is 12.1 Å². The van der Waals surface area contributed by atoms with E-state index in [0.29, 0.717) is 13.2 Å². The Morgan fingerprint density at radius 1 is 1.38 bits per heavy atom. The third kappa shape index (κ3) is 5.60. The topological polar surface area (TPSA) is 44.8 Å². The van der Waals surface area contributed by atoms with Crippen LogP contribution in [-0.4, -0.2) is 38.5 Å². The van der Waals surface area contributed by atoms with E-state index >= 15 is 0 Å². The molecule has 0 aliphatic carbocycles. The Morgan fingerprint density at radius 3 is 2.46 bits per heavy atom. The molecule has 13 heavy (non-hydrogen) atoms. The lowest BCUT2D eigenvalue weighted by Gasteiger charge is -2.15. The molecule has 0 amide bonds. The largest absolute Gasteiger partial charge is 0.458 e. The zero-order valence-corrected chi connectivity index (χ0v) is 8.70. The van der Waals surface area contributed by atoms with E-state index in [0.717, 1.165) is 0 Å². The SMILES string of the molecule is CCOC(C)C(=O)OC(C)COC. The minimum absolute atomic E-state index is 0.222. The highest BCUT2D eigenvalue weighted by Gasteiger charge is 2.16. The zero-order valence-electron chi connectivity index (χ0n) is 8.70. The molecule has 0 radical (unpaired) electrons. The van der Waals surface area contributed by atoms with E-state index in [1.165, 1.54) is 0 Å². The summed E-state index contributed by atoms with van der Waals surface area (Å²) in [7, 11) is 1.57. The Hall–Kier alpha value is -0.610. The summed E-state index contributed by atoms with van der Waals surface area (Å²) >= 11 is 0. The van der Waals surface area contributed by atoms with Gasteiger partial charge in [-0.3, -0.25) is 0 Å². The predicted molar refractivity (Wildman–Crippen MR) is 48.5 cm³/mol. The van der Waals surface area contributed by atoms with Crippen molar-refractivity contribution in [1.29, 1.82) is 0 Å². The fraction of sp³-hybridized carbons (Fsp3) is 0.889. The minimum atomic E-state index is -0.496. The molecule has 0 aromatic heterocycles. The summed E-state index contributed by atoms with van der Waals surface area (Å²) in [5.74, 6) is -0.341. The van der Waals surface area contributed by atoms with Crippen molar-refractivity contribution in [3.05, 3.63) is 0 Å². The first kappa shape index (κ1) is 12.4. The number of hydrogen-bond acceptors (Lipinski definition) is 4. The third-order valence-corrected chi connectivity index (χ3v) is 1.47. The summed E-state index contributed by atoms with van der Waals surface area (Å²) in [4.78, 5) is 11.2. The maximum atomic E-state index is 11.2. The quantitative estimate of drug-likeness (QED) is 0.586. The van der Waals surface area contributed by atoms with Gasteiger partial charge >= 0.3 is 5.97 Å². The normalized spacial score (nSPS) is 15.1. The molecule has 0 N–H and O–H groups in total. The average molecular weight is 190 g/mol. The van der Waals surface area contributed by atoms with Crippen molar-refractivity contribution in [3.8, 4) is 0 Å². The van der Waals surface area contributed by atoms with Crippen LogP contribution in [0.15, 0.2) is 0 Å². The fourth-order valence-electron chi connectivity index (χ4n) is 0.881. The predicted octanol–water partition coefficient (Wildman–Crippen LogP) is 0.990. The molecule has 4 heteroatoms. The molecule has 0 bridgehead atoms. The van der Waals surface area contributed by atoms with Gasteiger partial charge in [0.15, 0.2) is 6.10 Å². The molecular weight excluding hydrogens is 172 g/mol. The van der Waals surface area contributed by atoms with E-state index < -0.39 is 6.10 Å². The van der Waals surface area contributed by atoms with Gasteiger partial charge in [0.2, 0.25) is 0 Å². The van der Waals surface area contributed by atoms with Crippen molar-refractivity contribution < 1.29 is 19.0 Å². The van der Waals surface area contributed by atoms with Crippen LogP contribution in [-0.2, 0) is 19.0 Å². The molecular formula is C9H18O4. The van der Waals surface area contributed by atoms with Gasteiger partial charge in [-0.1, -0.05) is 0 Å². The molecule has 4 nitrogen and oxygen atoms in total. The summed E-state index contributed by atoms with van der Waals surface area (Å²) in [6.45, 7) is 6.20. The number of esters is 1. The Kier molecular flexibility index (Phi) is 6.54. The first-order valence-electron chi connectivity index (χ1n) is 4.42. The van der Waals surface area contributed by atoms with Crippen molar-refractivity contribution in [3.63, 3.8) is 0 Å². The monoisotopic (exact) mass is 190 g/mol. The molecule has 2 atom stereocenters. The lowest BCUT2D eigenvalue weighted by molar-refractivity contribution is -0.162. The highest BCUT2D eigenvalue weighted by atomic mass is 16.6. The highest BCUT2D eigenvalue weighted by Crippen LogP contribution is 1.99. The van der Waals surface area contributed by atoms with Crippen LogP contribution < -0.4 is 0 Å². The van der Waals surface area contributed by atoms with Crippen LogP contribution in [0.3, 0.4) is 0 Å². The molecule has 0 heterocycles. The van der Waals surface area contributed by atoms with Crippen LogP contribution >= 0.6 is 0 Å². The minimum Gasteiger partial charge on any atom is -0.458 e. The fourth-order valence-corrected chi connectivity index (χ4v) is 0.881. The van der Waals surface area contributed by atoms with Crippen molar-refractivity contribution in [2.45, 2.75) is 33.0 Å². The van der Waals surface area contributed by atoms with Crippen LogP contribution in [0, 0.1) is 0 Å². The van der Waals surface area contributed by atoms with Gasteiger partial charge in [0.05, 0.1) is 6.61 Å². The smallest absolute Gasteiger partial charge is 0.335 e. The standard InChI is InChI=1S/C9H18O4/c1-5-12-8(3)9(10)13-7(2)6-11-4/h7-8H,5-6H2,1-4H3. The van der Waals surface area contributed by atoms with E-state index in [1.54, 1.807) is 21.0 Å². The van der Waals surface area contributed by atoms with Gasteiger partial charge in [0, 0.05) is 13.7 Å². The lowest BCUT2D eigenvalue weighted by Crippen LogP contribution is -2.28. The van der Waals surface area contributed by atoms with Gasteiger partial charge in [0.25, 0.3) is 0 Å². The van der Waals surface area contributed by atoms with Gasteiger partial charge in [-0.15, -0.1) is 0 Å². The lowest BCUT2D eigenvalue weighted by atomic mass is 10.4. The second-order valence-electron chi connectivity index (χ2n) is 2.80. The van der Waals surface area contributed by atoms with Crippen LogP contribution in [0.5, 0.6) is 0 Å². The number of ether oxygens (including phenoxy) is 3. The molecule has 78 valence electrons. The second-order valence-corrected chi connectivity index (χ2v) is 2.80. The van der Waals surface area contributed by atoms with E-state index in [4.69, 9.17) is 14.2 Å². The second kappa shape index (κ2) is 6.86. The molecule has 0 aromatic rings. The van der Waals surface area contributed by atoms with E-state index in [1.807, 2.05) is 6.92 Å². The number of rotatable bonds is 6. The number of carbonyl (C=O) groups is 1. The Bertz CT molecular complexity index is 147. The highest BCUT2D eigenvalue weighted by molar-refractivity contribution is 5.74. The van der Waals surface area contributed by atoms with Crippen LogP contribution in [0.4, 0.5) is 0 Å². The maximum Gasteiger partial charge on any atom is 0.335 e. The third-order valence-electron chi connectivity index (χ3n) is 1.47. The van der Waals surface area contributed by atoms with Crippen LogP contribution in [0.2, 0.25) is 0 Å². The zero-order chi connectivity index (χ0) is 10.3. The summed E-state index contributed by atoms with van der Waals surface area (Å²) in [6, 6.07) is 0. The van der Waals surface area contributed by atoms with Gasteiger partial charge in [0.1, 0.15) is 6.10 Å². The molecule has 0 fully saturated rings. The summed E-state index contributed by atoms with van der Waals surface area (Å²) in [5.41, 5.74) is 0. The van der Waals surface area contributed by atoms with E-state index in [9.17, 15) is 4.79 Å². The molecule has 0 saturated heterocycles.